The van der Waals surface area contributed by atoms with Crippen LogP contribution in [0.2, 0.25) is 0 Å². The predicted molar refractivity (Wildman–Crippen MR) is 65.5 cm³/mol. The molecule has 94 valence electrons. The lowest BCUT2D eigenvalue weighted by molar-refractivity contribution is 0.327. The van der Waals surface area contributed by atoms with Gasteiger partial charge >= 0.3 is 0 Å². The number of hydrogen-bond donors (Lipinski definition) is 2. The van der Waals surface area contributed by atoms with Gasteiger partial charge in [-0.25, -0.2) is 4.39 Å². The number of nitrogens with two attached hydrogens (primary N) is 1. The molecule has 17 heavy (non-hydrogen) atoms. The zero-order chi connectivity index (χ0) is 12.1. The van der Waals surface area contributed by atoms with Gasteiger partial charge in [0.05, 0.1) is 12.2 Å². The Bertz CT molecular complexity index is 348. The fourth-order valence-corrected chi connectivity index (χ4v) is 2.75. The maximum absolute atomic E-state index is 13.2. The van der Waals surface area contributed by atoms with Crippen LogP contribution in [0.25, 0.3) is 0 Å². The lowest BCUT2D eigenvalue weighted by Crippen LogP contribution is -2.33. The Balaban J connectivity index is 2.14. The number of nitrogens with one attached hydrogen (secondary N) is 1. The number of halogens is 1. The van der Waals surface area contributed by atoms with E-state index >= 15 is 0 Å². The molecule has 1 aromatic heterocycles. The number of hydrogen-bond acceptors (Lipinski definition) is 3. The van der Waals surface area contributed by atoms with Gasteiger partial charge in [0, 0.05) is 6.20 Å². The first-order chi connectivity index (χ1) is 8.31. The summed E-state index contributed by atoms with van der Waals surface area (Å²) in [5.74, 6) is 5.83. The van der Waals surface area contributed by atoms with Crippen LogP contribution >= 0.6 is 0 Å². The summed E-state index contributed by atoms with van der Waals surface area (Å²) in [6.07, 6.45) is 10.3. The van der Waals surface area contributed by atoms with Gasteiger partial charge in [0.15, 0.2) is 0 Å². The molecule has 1 aliphatic carbocycles. The molecule has 1 fully saturated rings. The molecule has 3 nitrogen and oxygen atoms in total. The van der Waals surface area contributed by atoms with Crippen LogP contribution in [0, 0.1) is 11.7 Å². The van der Waals surface area contributed by atoms with E-state index in [4.69, 9.17) is 5.84 Å². The SMILES string of the molecule is NNC(c1cncc(F)c1)C1CCCCCC1. The Hall–Kier alpha value is -1.00. The van der Waals surface area contributed by atoms with Gasteiger partial charge in [-0.05, 0) is 30.4 Å². The maximum atomic E-state index is 13.2. The van der Waals surface area contributed by atoms with Crippen LogP contribution in [0.4, 0.5) is 4.39 Å². The minimum absolute atomic E-state index is 0.0244. The van der Waals surface area contributed by atoms with Gasteiger partial charge in [-0.3, -0.25) is 16.3 Å². The van der Waals surface area contributed by atoms with Gasteiger partial charge in [-0.2, -0.15) is 0 Å². The highest BCUT2D eigenvalue weighted by Crippen LogP contribution is 2.32. The van der Waals surface area contributed by atoms with E-state index in [1.807, 2.05) is 0 Å². The minimum Gasteiger partial charge on any atom is -0.271 e. The molecule has 2 rings (SSSR count). The van der Waals surface area contributed by atoms with E-state index in [1.165, 1.54) is 37.9 Å². The number of pyridine rings is 1. The van der Waals surface area contributed by atoms with Crippen molar-refractivity contribution in [3.05, 3.63) is 29.8 Å². The van der Waals surface area contributed by atoms with Crippen molar-refractivity contribution in [1.82, 2.24) is 10.4 Å². The monoisotopic (exact) mass is 237 g/mol. The van der Waals surface area contributed by atoms with Crippen LogP contribution in [-0.2, 0) is 0 Å². The van der Waals surface area contributed by atoms with Crippen molar-refractivity contribution in [3.63, 3.8) is 0 Å². The second-order valence-electron chi connectivity index (χ2n) is 4.83. The molecule has 1 aromatic rings. The molecule has 0 aliphatic heterocycles. The Morgan fingerprint density at radius 3 is 2.53 bits per heavy atom. The van der Waals surface area contributed by atoms with Crippen molar-refractivity contribution in [2.75, 3.05) is 0 Å². The lowest BCUT2D eigenvalue weighted by atomic mass is 9.88. The summed E-state index contributed by atoms with van der Waals surface area (Å²) >= 11 is 0. The second-order valence-corrected chi connectivity index (χ2v) is 4.83. The quantitative estimate of drug-likeness (QED) is 0.483. The van der Waals surface area contributed by atoms with Crippen LogP contribution in [0.5, 0.6) is 0 Å². The third kappa shape index (κ3) is 3.23. The minimum atomic E-state index is -0.295. The molecule has 0 spiro atoms. The smallest absolute Gasteiger partial charge is 0.141 e. The number of rotatable bonds is 3. The Morgan fingerprint density at radius 1 is 1.24 bits per heavy atom. The number of aromatic nitrogens is 1. The zero-order valence-corrected chi connectivity index (χ0v) is 10.0. The fraction of sp³-hybridized carbons (Fsp3) is 0.615. The molecular formula is C13H20FN3. The summed E-state index contributed by atoms with van der Waals surface area (Å²) in [5, 5.41) is 0. The molecule has 0 aromatic carbocycles. The first-order valence-electron chi connectivity index (χ1n) is 6.38. The average molecular weight is 237 g/mol. The summed E-state index contributed by atoms with van der Waals surface area (Å²) in [6.45, 7) is 0. The Morgan fingerprint density at radius 2 is 1.94 bits per heavy atom. The molecule has 0 bridgehead atoms. The van der Waals surface area contributed by atoms with Crippen molar-refractivity contribution >= 4 is 0 Å². The van der Waals surface area contributed by atoms with Crippen molar-refractivity contribution in [2.24, 2.45) is 11.8 Å². The van der Waals surface area contributed by atoms with E-state index in [2.05, 4.69) is 10.4 Å². The average Bonchev–Trinajstić information content (AvgIpc) is 2.59. The summed E-state index contributed by atoms with van der Waals surface area (Å²) in [6, 6.07) is 1.55. The van der Waals surface area contributed by atoms with Crippen molar-refractivity contribution in [2.45, 2.75) is 44.6 Å². The fourth-order valence-electron chi connectivity index (χ4n) is 2.75. The van der Waals surface area contributed by atoms with Gasteiger partial charge in [-0.1, -0.05) is 25.7 Å². The zero-order valence-electron chi connectivity index (χ0n) is 10.0. The first kappa shape index (κ1) is 12.5. The van der Waals surface area contributed by atoms with Crippen LogP contribution in [0.1, 0.15) is 50.1 Å². The summed E-state index contributed by atoms with van der Waals surface area (Å²) in [7, 11) is 0. The van der Waals surface area contributed by atoms with Crippen molar-refractivity contribution in [3.8, 4) is 0 Å². The molecule has 0 saturated heterocycles. The summed E-state index contributed by atoms with van der Waals surface area (Å²) in [4.78, 5) is 3.90. The predicted octanol–water partition coefficient (Wildman–Crippen LogP) is 2.70. The van der Waals surface area contributed by atoms with Crippen molar-refractivity contribution < 1.29 is 4.39 Å². The van der Waals surface area contributed by atoms with Gasteiger partial charge in [0.1, 0.15) is 5.82 Å². The molecular weight excluding hydrogens is 217 g/mol. The van der Waals surface area contributed by atoms with Crippen molar-refractivity contribution in [1.29, 1.82) is 0 Å². The van der Waals surface area contributed by atoms with E-state index in [0.29, 0.717) is 5.92 Å². The number of hydrazine groups is 1. The Labute approximate surface area is 102 Å². The molecule has 1 heterocycles. The standard InChI is InChI=1S/C13H20FN3/c14-12-7-11(8-16-9-12)13(17-15)10-5-3-1-2-4-6-10/h7-10,13,17H,1-6,15H2. The highest BCUT2D eigenvalue weighted by atomic mass is 19.1. The lowest BCUT2D eigenvalue weighted by Gasteiger charge is -2.25. The largest absolute Gasteiger partial charge is 0.271 e. The molecule has 3 N–H and O–H groups in total. The van der Waals surface area contributed by atoms with Crippen LogP contribution < -0.4 is 11.3 Å². The maximum Gasteiger partial charge on any atom is 0.141 e. The topological polar surface area (TPSA) is 50.9 Å². The normalized spacial score (nSPS) is 19.9. The third-order valence-corrected chi connectivity index (χ3v) is 3.64. The summed E-state index contributed by atoms with van der Waals surface area (Å²) in [5.41, 5.74) is 3.70. The van der Waals surface area contributed by atoms with Crippen LogP contribution in [-0.4, -0.2) is 4.98 Å². The number of nitrogens with zero attached hydrogens (tertiary/aromatic N) is 1. The summed E-state index contributed by atoms with van der Waals surface area (Å²) < 4.78 is 13.2. The molecule has 1 atom stereocenters. The molecule has 0 amide bonds. The first-order valence-corrected chi connectivity index (χ1v) is 6.38. The van der Waals surface area contributed by atoms with Gasteiger partial charge in [0.25, 0.3) is 0 Å². The molecule has 1 saturated carbocycles. The van der Waals surface area contributed by atoms with E-state index in [1.54, 1.807) is 6.20 Å². The van der Waals surface area contributed by atoms with Gasteiger partial charge < -0.3 is 0 Å². The molecule has 1 unspecified atom stereocenters. The highest BCUT2D eigenvalue weighted by Gasteiger charge is 2.23. The van der Waals surface area contributed by atoms with E-state index in [9.17, 15) is 4.39 Å². The molecule has 1 aliphatic rings. The second kappa shape index (κ2) is 6.07. The Kier molecular flexibility index (Phi) is 4.45. The van der Waals surface area contributed by atoms with E-state index < -0.39 is 0 Å². The third-order valence-electron chi connectivity index (χ3n) is 3.64. The van der Waals surface area contributed by atoms with E-state index in [-0.39, 0.29) is 11.9 Å². The molecule has 4 heteroatoms. The van der Waals surface area contributed by atoms with Gasteiger partial charge in [-0.15, -0.1) is 0 Å². The van der Waals surface area contributed by atoms with Crippen LogP contribution in [0.15, 0.2) is 18.5 Å². The van der Waals surface area contributed by atoms with E-state index in [0.717, 1.165) is 18.4 Å². The molecule has 0 radical (unpaired) electrons. The highest BCUT2D eigenvalue weighted by molar-refractivity contribution is 5.16. The van der Waals surface area contributed by atoms with Crippen LogP contribution in [0.3, 0.4) is 0 Å². The van der Waals surface area contributed by atoms with Gasteiger partial charge in [0.2, 0.25) is 0 Å².